The number of rotatable bonds is 7. The molecule has 0 spiro atoms. The molecule has 1 amide bonds. The Morgan fingerprint density at radius 3 is 2.63 bits per heavy atom. The molecule has 7 heteroatoms. The monoisotopic (exact) mass is 384 g/mol. The van der Waals surface area contributed by atoms with Crippen molar-refractivity contribution in [2.45, 2.75) is 19.6 Å². The summed E-state index contributed by atoms with van der Waals surface area (Å²) in [4.78, 5) is 25.2. The second kappa shape index (κ2) is 8.55. The zero-order valence-electron chi connectivity index (χ0n) is 15.0. The molecule has 140 valence electrons. The van der Waals surface area contributed by atoms with E-state index in [1.807, 2.05) is 64.8 Å². The molecule has 2 heterocycles. The molecule has 0 fully saturated rings. The fraction of sp³-hybridized carbons (Fsp3) is 0.200. The molecule has 6 nitrogen and oxygen atoms in total. The highest BCUT2D eigenvalue weighted by molar-refractivity contribution is 7.12. The van der Waals surface area contributed by atoms with Gasteiger partial charge in [0.2, 0.25) is 0 Å². The quantitative estimate of drug-likeness (QED) is 0.634. The number of hydrogen-bond acceptors (Lipinski definition) is 5. The van der Waals surface area contributed by atoms with Gasteiger partial charge < -0.3 is 19.4 Å². The average Bonchev–Trinajstić information content (AvgIpc) is 3.37. The molecule has 3 rings (SSSR count). The first kappa shape index (κ1) is 18.7. The Kier molecular flexibility index (Phi) is 5.93. The van der Waals surface area contributed by atoms with E-state index < -0.39 is 12.1 Å². The van der Waals surface area contributed by atoms with Gasteiger partial charge in [0.05, 0.1) is 12.8 Å². The van der Waals surface area contributed by atoms with Crippen LogP contribution in [0.5, 0.6) is 5.75 Å². The first-order chi connectivity index (χ1) is 13.1. The number of ether oxygens (including phenoxy) is 2. The largest absolute Gasteiger partial charge is 0.496 e. The van der Waals surface area contributed by atoms with Gasteiger partial charge in [0.1, 0.15) is 10.6 Å². The predicted molar refractivity (Wildman–Crippen MR) is 103 cm³/mol. The van der Waals surface area contributed by atoms with Crippen molar-refractivity contribution in [3.63, 3.8) is 0 Å². The highest BCUT2D eigenvalue weighted by Crippen LogP contribution is 2.23. The van der Waals surface area contributed by atoms with Crippen molar-refractivity contribution in [1.29, 1.82) is 0 Å². The van der Waals surface area contributed by atoms with Crippen LogP contribution in [-0.2, 0) is 16.1 Å². The first-order valence-corrected chi connectivity index (χ1v) is 9.29. The number of methoxy groups -OCH3 is 1. The van der Waals surface area contributed by atoms with Gasteiger partial charge in [0.15, 0.2) is 6.10 Å². The van der Waals surface area contributed by atoms with Crippen LogP contribution in [0, 0.1) is 0 Å². The Hall–Kier alpha value is -3.06. The molecule has 0 bridgehead atoms. The van der Waals surface area contributed by atoms with Gasteiger partial charge in [-0.3, -0.25) is 4.79 Å². The SMILES string of the molecule is COc1ccccc1CNC(=O)C(C)OC(=O)c1sccc1-n1cccc1. The van der Waals surface area contributed by atoms with Crippen molar-refractivity contribution in [2.24, 2.45) is 0 Å². The van der Waals surface area contributed by atoms with Gasteiger partial charge in [0.25, 0.3) is 5.91 Å². The number of nitrogens with zero attached hydrogens (tertiary/aromatic N) is 1. The summed E-state index contributed by atoms with van der Waals surface area (Å²) < 4.78 is 12.5. The van der Waals surface area contributed by atoms with E-state index in [0.717, 1.165) is 11.3 Å². The van der Waals surface area contributed by atoms with E-state index in [9.17, 15) is 9.59 Å². The van der Waals surface area contributed by atoms with Crippen LogP contribution in [0.15, 0.2) is 60.2 Å². The Morgan fingerprint density at radius 1 is 1.15 bits per heavy atom. The summed E-state index contributed by atoms with van der Waals surface area (Å²) in [5.41, 5.74) is 1.58. The normalized spacial score (nSPS) is 11.6. The molecule has 1 N–H and O–H groups in total. The maximum absolute atomic E-state index is 12.5. The molecule has 0 aliphatic rings. The third-order valence-electron chi connectivity index (χ3n) is 4.01. The van der Waals surface area contributed by atoms with Crippen LogP contribution in [0.3, 0.4) is 0 Å². The predicted octanol–water partition coefficient (Wildman–Crippen LogP) is 3.41. The lowest BCUT2D eigenvalue weighted by Gasteiger charge is -2.15. The number of para-hydroxylation sites is 1. The smallest absolute Gasteiger partial charge is 0.351 e. The molecular formula is C20H20N2O4S. The number of esters is 1. The van der Waals surface area contributed by atoms with Crippen LogP contribution in [-0.4, -0.2) is 29.7 Å². The topological polar surface area (TPSA) is 69.6 Å². The Bertz CT molecular complexity index is 918. The number of aromatic nitrogens is 1. The van der Waals surface area contributed by atoms with Crippen molar-refractivity contribution in [2.75, 3.05) is 7.11 Å². The molecule has 1 atom stereocenters. The van der Waals surface area contributed by atoms with Crippen LogP contribution in [0.1, 0.15) is 22.2 Å². The third kappa shape index (κ3) is 4.38. The fourth-order valence-corrected chi connectivity index (χ4v) is 3.37. The summed E-state index contributed by atoms with van der Waals surface area (Å²) in [6, 6.07) is 13.0. The van der Waals surface area contributed by atoms with Crippen molar-refractivity contribution >= 4 is 23.2 Å². The molecule has 0 aliphatic heterocycles. The van der Waals surface area contributed by atoms with E-state index in [4.69, 9.17) is 9.47 Å². The third-order valence-corrected chi connectivity index (χ3v) is 4.89. The van der Waals surface area contributed by atoms with Gasteiger partial charge in [-0.15, -0.1) is 11.3 Å². The van der Waals surface area contributed by atoms with Gasteiger partial charge in [-0.25, -0.2) is 4.79 Å². The average molecular weight is 384 g/mol. The summed E-state index contributed by atoms with van der Waals surface area (Å²) in [5, 5.41) is 4.59. The molecule has 0 saturated heterocycles. The van der Waals surface area contributed by atoms with E-state index in [0.29, 0.717) is 17.2 Å². The standard InChI is InChI=1S/C20H20N2O4S/c1-14(19(23)21-13-15-7-3-4-8-17(15)25-2)26-20(24)18-16(9-12-27-18)22-10-5-6-11-22/h3-12,14H,13H2,1-2H3,(H,21,23). The molecule has 0 saturated carbocycles. The second-order valence-corrected chi connectivity index (χ2v) is 6.72. The number of benzene rings is 1. The number of nitrogens with one attached hydrogen (secondary N) is 1. The molecule has 1 aromatic carbocycles. The summed E-state index contributed by atoms with van der Waals surface area (Å²) in [5.74, 6) is -0.195. The fourth-order valence-electron chi connectivity index (χ4n) is 2.60. The van der Waals surface area contributed by atoms with Gasteiger partial charge in [0, 0.05) is 24.5 Å². The molecule has 1 unspecified atom stereocenters. The first-order valence-electron chi connectivity index (χ1n) is 8.41. The number of carbonyl (C=O) groups excluding carboxylic acids is 2. The van der Waals surface area contributed by atoms with E-state index >= 15 is 0 Å². The highest BCUT2D eigenvalue weighted by atomic mass is 32.1. The summed E-state index contributed by atoms with van der Waals surface area (Å²) in [7, 11) is 1.58. The van der Waals surface area contributed by atoms with Crippen molar-refractivity contribution in [3.8, 4) is 11.4 Å². The summed E-state index contributed by atoms with van der Waals surface area (Å²) in [6.45, 7) is 1.84. The number of thiophene rings is 1. The van der Waals surface area contributed by atoms with E-state index in [-0.39, 0.29) is 5.91 Å². The van der Waals surface area contributed by atoms with Gasteiger partial charge in [-0.05, 0) is 36.6 Å². The Morgan fingerprint density at radius 2 is 1.89 bits per heavy atom. The Labute approximate surface area is 161 Å². The second-order valence-electron chi connectivity index (χ2n) is 5.80. The molecule has 3 aromatic rings. The van der Waals surface area contributed by atoms with Gasteiger partial charge in [-0.1, -0.05) is 18.2 Å². The van der Waals surface area contributed by atoms with E-state index in [1.165, 1.54) is 11.3 Å². The lowest BCUT2D eigenvalue weighted by Crippen LogP contribution is -2.35. The molecule has 2 aromatic heterocycles. The minimum absolute atomic E-state index is 0.290. The minimum Gasteiger partial charge on any atom is -0.496 e. The molecule has 0 radical (unpaired) electrons. The summed E-state index contributed by atoms with van der Waals surface area (Å²) >= 11 is 1.28. The minimum atomic E-state index is -0.910. The maximum Gasteiger partial charge on any atom is 0.351 e. The van der Waals surface area contributed by atoms with Crippen molar-refractivity contribution < 1.29 is 19.1 Å². The molecule has 0 aliphatic carbocycles. The van der Waals surface area contributed by atoms with Gasteiger partial charge >= 0.3 is 5.97 Å². The zero-order chi connectivity index (χ0) is 19.2. The van der Waals surface area contributed by atoms with Gasteiger partial charge in [-0.2, -0.15) is 0 Å². The van der Waals surface area contributed by atoms with E-state index in [2.05, 4.69) is 5.32 Å². The number of hydrogen-bond donors (Lipinski definition) is 1. The van der Waals surface area contributed by atoms with Crippen LogP contribution in [0.25, 0.3) is 5.69 Å². The van der Waals surface area contributed by atoms with Crippen molar-refractivity contribution in [3.05, 3.63) is 70.7 Å². The number of amides is 1. The lowest BCUT2D eigenvalue weighted by atomic mass is 10.2. The highest BCUT2D eigenvalue weighted by Gasteiger charge is 2.22. The zero-order valence-corrected chi connectivity index (χ0v) is 15.9. The van der Waals surface area contributed by atoms with Crippen LogP contribution in [0.2, 0.25) is 0 Å². The van der Waals surface area contributed by atoms with Crippen LogP contribution < -0.4 is 10.1 Å². The lowest BCUT2D eigenvalue weighted by molar-refractivity contribution is -0.129. The van der Waals surface area contributed by atoms with Crippen LogP contribution in [0.4, 0.5) is 0 Å². The Balaban J connectivity index is 1.60. The van der Waals surface area contributed by atoms with Crippen molar-refractivity contribution in [1.82, 2.24) is 9.88 Å². The number of carbonyl (C=O) groups is 2. The maximum atomic E-state index is 12.5. The van der Waals surface area contributed by atoms with E-state index in [1.54, 1.807) is 14.0 Å². The molecular weight excluding hydrogens is 364 g/mol. The van der Waals surface area contributed by atoms with Crippen LogP contribution >= 0.6 is 11.3 Å². The molecule has 27 heavy (non-hydrogen) atoms. The summed E-state index contributed by atoms with van der Waals surface area (Å²) in [6.07, 6.45) is 2.79.